The van der Waals surface area contributed by atoms with Crippen LogP contribution in [0.4, 0.5) is 5.69 Å². The van der Waals surface area contributed by atoms with Gasteiger partial charge in [-0.25, -0.2) is 8.42 Å². The van der Waals surface area contributed by atoms with Crippen LogP contribution >= 0.6 is 0 Å². The Hall–Kier alpha value is -1.29. The number of hydrogen-bond acceptors (Lipinski definition) is 3. The van der Waals surface area contributed by atoms with Gasteiger partial charge >= 0.3 is 0 Å². The first-order valence-corrected chi connectivity index (χ1v) is 8.07. The number of rotatable bonds is 5. The molecule has 0 saturated heterocycles. The Morgan fingerprint density at radius 2 is 2.00 bits per heavy atom. The molecule has 4 heteroatoms. The molecule has 1 heterocycles. The third kappa shape index (κ3) is 3.60. The summed E-state index contributed by atoms with van der Waals surface area (Å²) in [7, 11) is -2.98. The first-order chi connectivity index (χ1) is 8.59. The lowest BCUT2D eigenvalue weighted by Crippen LogP contribution is -2.20. The summed E-state index contributed by atoms with van der Waals surface area (Å²) in [6.07, 6.45) is 5.22. The maximum atomic E-state index is 11.3. The van der Waals surface area contributed by atoms with Crippen LogP contribution in [-0.2, 0) is 16.3 Å². The molecule has 0 fully saturated rings. The molecule has 0 amide bonds. The van der Waals surface area contributed by atoms with Crippen LogP contribution < -0.4 is 5.32 Å². The van der Waals surface area contributed by atoms with Gasteiger partial charge in [0.05, 0.1) is 11.8 Å². The van der Waals surface area contributed by atoms with Crippen LogP contribution in [0.1, 0.15) is 25.3 Å². The van der Waals surface area contributed by atoms with Crippen molar-refractivity contribution in [3.05, 3.63) is 41.3 Å². The van der Waals surface area contributed by atoms with Gasteiger partial charge < -0.3 is 5.32 Å². The molecule has 3 nitrogen and oxygen atoms in total. The van der Waals surface area contributed by atoms with Gasteiger partial charge in [-0.2, -0.15) is 0 Å². The van der Waals surface area contributed by atoms with Crippen LogP contribution in [0.25, 0.3) is 0 Å². The van der Waals surface area contributed by atoms with Crippen molar-refractivity contribution in [2.24, 2.45) is 0 Å². The van der Waals surface area contributed by atoms with Crippen molar-refractivity contribution < 1.29 is 8.42 Å². The summed E-state index contributed by atoms with van der Waals surface area (Å²) in [4.78, 5) is 0. The number of nitrogens with one attached hydrogen (secondary N) is 1. The SMILES string of the molecule is CCCCc1ccc(NC2C=CS(=O)(=O)C2)cc1. The fraction of sp³-hybridized carbons (Fsp3) is 0.429. The fourth-order valence-corrected chi connectivity index (χ4v) is 3.26. The zero-order valence-corrected chi connectivity index (χ0v) is 11.4. The molecule has 1 unspecified atom stereocenters. The van der Waals surface area contributed by atoms with Gasteiger partial charge in [-0.1, -0.05) is 31.6 Å². The molecule has 0 aliphatic carbocycles. The van der Waals surface area contributed by atoms with Gasteiger partial charge in [0.1, 0.15) is 0 Å². The molecule has 1 N–H and O–H groups in total. The molecule has 1 atom stereocenters. The van der Waals surface area contributed by atoms with Crippen molar-refractivity contribution in [2.75, 3.05) is 11.1 Å². The van der Waals surface area contributed by atoms with Crippen LogP contribution in [0.2, 0.25) is 0 Å². The van der Waals surface area contributed by atoms with E-state index in [1.807, 2.05) is 12.1 Å². The van der Waals surface area contributed by atoms with Crippen LogP contribution in [0.5, 0.6) is 0 Å². The molecule has 0 spiro atoms. The van der Waals surface area contributed by atoms with Gasteiger partial charge in [0.15, 0.2) is 9.84 Å². The molecule has 1 aromatic carbocycles. The van der Waals surface area contributed by atoms with E-state index in [-0.39, 0.29) is 11.8 Å². The zero-order valence-electron chi connectivity index (χ0n) is 10.6. The third-order valence-electron chi connectivity index (χ3n) is 3.06. The number of sulfone groups is 1. The maximum absolute atomic E-state index is 11.3. The lowest BCUT2D eigenvalue weighted by Gasteiger charge is -2.12. The smallest absolute Gasteiger partial charge is 0.173 e. The Balaban J connectivity index is 1.93. The Bertz CT molecular complexity index is 517. The number of hydrogen-bond donors (Lipinski definition) is 1. The molecular formula is C14H19NO2S. The third-order valence-corrected chi connectivity index (χ3v) is 4.45. The zero-order chi connectivity index (χ0) is 13.0. The minimum absolute atomic E-state index is 0.100. The highest BCUT2D eigenvalue weighted by molar-refractivity contribution is 7.94. The highest BCUT2D eigenvalue weighted by atomic mass is 32.2. The highest BCUT2D eigenvalue weighted by Crippen LogP contribution is 2.16. The van der Waals surface area contributed by atoms with Crippen molar-refractivity contribution in [2.45, 2.75) is 32.2 Å². The van der Waals surface area contributed by atoms with Gasteiger partial charge in [-0.3, -0.25) is 0 Å². The average molecular weight is 265 g/mol. The monoisotopic (exact) mass is 265 g/mol. The molecule has 0 aromatic heterocycles. The lowest BCUT2D eigenvalue weighted by atomic mass is 10.1. The molecule has 1 aromatic rings. The van der Waals surface area contributed by atoms with Gasteiger partial charge in [-0.05, 0) is 30.5 Å². The number of benzene rings is 1. The fourth-order valence-electron chi connectivity index (χ4n) is 2.03. The molecule has 98 valence electrons. The minimum Gasteiger partial charge on any atom is -0.378 e. The standard InChI is InChI=1S/C14H19NO2S/c1-2-3-4-12-5-7-13(8-6-12)15-14-9-10-18(16,17)11-14/h5-10,14-15H,2-4,11H2,1H3. The lowest BCUT2D eigenvalue weighted by molar-refractivity contribution is 0.605. The molecule has 18 heavy (non-hydrogen) atoms. The molecule has 0 bridgehead atoms. The van der Waals surface area contributed by atoms with Crippen molar-refractivity contribution in [3.63, 3.8) is 0 Å². The minimum atomic E-state index is -2.98. The van der Waals surface area contributed by atoms with E-state index in [0.717, 1.165) is 12.1 Å². The summed E-state index contributed by atoms with van der Waals surface area (Å²) in [5, 5.41) is 4.51. The van der Waals surface area contributed by atoms with E-state index in [1.165, 1.54) is 23.8 Å². The van der Waals surface area contributed by atoms with E-state index < -0.39 is 9.84 Å². The molecular weight excluding hydrogens is 246 g/mol. The summed E-state index contributed by atoms with van der Waals surface area (Å²) < 4.78 is 22.6. The predicted octanol–water partition coefficient (Wildman–Crippen LogP) is 2.75. The van der Waals surface area contributed by atoms with E-state index in [1.54, 1.807) is 6.08 Å². The van der Waals surface area contributed by atoms with Gasteiger partial charge in [0.25, 0.3) is 0 Å². The second-order valence-electron chi connectivity index (χ2n) is 4.71. The molecule has 0 radical (unpaired) electrons. The summed E-state index contributed by atoms with van der Waals surface area (Å²) in [6, 6.07) is 8.14. The van der Waals surface area contributed by atoms with Crippen molar-refractivity contribution >= 4 is 15.5 Å². The largest absolute Gasteiger partial charge is 0.378 e. The number of anilines is 1. The molecule has 2 rings (SSSR count). The summed E-state index contributed by atoms with van der Waals surface area (Å²) in [6.45, 7) is 2.18. The van der Waals surface area contributed by atoms with Crippen LogP contribution in [-0.4, -0.2) is 20.2 Å². The van der Waals surface area contributed by atoms with Crippen molar-refractivity contribution in [3.8, 4) is 0 Å². The van der Waals surface area contributed by atoms with Crippen LogP contribution in [0, 0.1) is 0 Å². The van der Waals surface area contributed by atoms with Crippen molar-refractivity contribution in [1.29, 1.82) is 0 Å². The summed E-state index contributed by atoms with van der Waals surface area (Å²) in [5.74, 6) is 0.157. The Labute approximate surface area is 109 Å². The van der Waals surface area contributed by atoms with Gasteiger partial charge in [0, 0.05) is 11.1 Å². The Kier molecular flexibility index (Phi) is 4.07. The number of unbranched alkanes of at least 4 members (excludes halogenated alkanes) is 1. The summed E-state index contributed by atoms with van der Waals surface area (Å²) >= 11 is 0. The van der Waals surface area contributed by atoms with E-state index in [0.29, 0.717) is 0 Å². The van der Waals surface area contributed by atoms with Crippen LogP contribution in [0.15, 0.2) is 35.7 Å². The normalized spacial score (nSPS) is 21.1. The van der Waals surface area contributed by atoms with Crippen LogP contribution in [0.3, 0.4) is 0 Å². The molecule has 0 saturated carbocycles. The van der Waals surface area contributed by atoms with E-state index in [2.05, 4.69) is 24.4 Å². The highest BCUT2D eigenvalue weighted by Gasteiger charge is 2.21. The van der Waals surface area contributed by atoms with Crippen molar-refractivity contribution in [1.82, 2.24) is 0 Å². The average Bonchev–Trinajstić information content (AvgIpc) is 2.68. The van der Waals surface area contributed by atoms with E-state index in [4.69, 9.17) is 0 Å². The predicted molar refractivity (Wildman–Crippen MR) is 75.4 cm³/mol. The quantitative estimate of drug-likeness (QED) is 0.890. The number of aryl methyl sites for hydroxylation is 1. The van der Waals surface area contributed by atoms with E-state index in [9.17, 15) is 8.42 Å². The molecule has 1 aliphatic rings. The Morgan fingerprint density at radius 3 is 2.56 bits per heavy atom. The van der Waals surface area contributed by atoms with Gasteiger partial charge in [-0.15, -0.1) is 0 Å². The second-order valence-corrected chi connectivity index (χ2v) is 6.64. The summed E-state index contributed by atoms with van der Waals surface area (Å²) in [5.41, 5.74) is 2.30. The van der Waals surface area contributed by atoms with Gasteiger partial charge in [0.2, 0.25) is 0 Å². The van der Waals surface area contributed by atoms with E-state index >= 15 is 0 Å². The molecule has 1 aliphatic heterocycles. The first kappa shape index (κ1) is 13.1. The second kappa shape index (κ2) is 5.57. The first-order valence-electron chi connectivity index (χ1n) is 6.35. The topological polar surface area (TPSA) is 46.2 Å². The maximum Gasteiger partial charge on any atom is 0.173 e. The Morgan fingerprint density at radius 1 is 1.28 bits per heavy atom.